The van der Waals surface area contributed by atoms with Gasteiger partial charge in [0.05, 0.1) is 6.61 Å². The van der Waals surface area contributed by atoms with Crippen molar-refractivity contribution in [3.63, 3.8) is 0 Å². The van der Waals surface area contributed by atoms with Gasteiger partial charge in [-0.1, -0.05) is 0 Å². The fourth-order valence-electron chi connectivity index (χ4n) is 1.74. The van der Waals surface area contributed by atoms with Crippen LogP contribution in [0.2, 0.25) is 0 Å². The van der Waals surface area contributed by atoms with Gasteiger partial charge in [0.25, 0.3) is 5.56 Å². The zero-order valence-corrected chi connectivity index (χ0v) is 11.7. The summed E-state index contributed by atoms with van der Waals surface area (Å²) in [5, 5.41) is 28.1. The fraction of sp³-hybridized carbons (Fsp3) is 0.556. The van der Waals surface area contributed by atoms with Crippen LogP contribution in [0.5, 0.6) is 0 Å². The van der Waals surface area contributed by atoms with Gasteiger partial charge < -0.3 is 20.1 Å². The van der Waals surface area contributed by atoms with Gasteiger partial charge in [0.2, 0.25) is 0 Å². The van der Waals surface area contributed by atoms with Crippen molar-refractivity contribution in [3.05, 3.63) is 33.1 Å². The molecule has 0 bridgehead atoms. The third kappa shape index (κ3) is 2.75. The molecule has 4 atom stereocenters. The molecule has 4 N–H and O–H groups in total. The van der Waals surface area contributed by atoms with Gasteiger partial charge in [0.15, 0.2) is 6.23 Å². The maximum Gasteiger partial charge on any atom is 0.330 e. The van der Waals surface area contributed by atoms with E-state index in [1.807, 2.05) is 4.98 Å². The Kier molecular flexibility index (Phi) is 5.29. The summed E-state index contributed by atoms with van der Waals surface area (Å²) in [7, 11) is 0. The standard InChI is InChI=1S/C9H12N2O6.Na/c12-3-4-6(14)7(15)8(17-4)11-2-1-5(13)10-9(11)16;/h1-2,4,6-8,12,14-15H,3H2,(H,10,13,16);/t4-,6-,7-,8-;/m1./s1. The second kappa shape index (κ2) is 6.11. The molecule has 9 heteroatoms. The van der Waals surface area contributed by atoms with E-state index in [0.717, 1.165) is 16.8 Å². The predicted octanol–water partition coefficient (Wildman–Crippen LogP) is -3.23. The second-order valence-corrected chi connectivity index (χ2v) is 3.75. The molecule has 1 fully saturated rings. The van der Waals surface area contributed by atoms with Gasteiger partial charge in [0.1, 0.15) is 18.3 Å². The van der Waals surface area contributed by atoms with Crippen LogP contribution in [0.15, 0.2) is 21.9 Å². The van der Waals surface area contributed by atoms with Crippen LogP contribution in [0.4, 0.5) is 0 Å². The normalized spacial score (nSPS) is 31.1. The minimum atomic E-state index is -1.35. The second-order valence-electron chi connectivity index (χ2n) is 3.75. The van der Waals surface area contributed by atoms with Crippen molar-refractivity contribution in [2.24, 2.45) is 0 Å². The van der Waals surface area contributed by atoms with Gasteiger partial charge in [0, 0.05) is 41.8 Å². The molecule has 1 aliphatic rings. The van der Waals surface area contributed by atoms with Crippen molar-refractivity contribution in [1.29, 1.82) is 0 Å². The largest absolute Gasteiger partial charge is 0.394 e. The average Bonchev–Trinajstić information content (AvgIpc) is 2.57. The monoisotopic (exact) mass is 267 g/mol. The van der Waals surface area contributed by atoms with Crippen molar-refractivity contribution in [3.8, 4) is 0 Å². The number of nitrogens with zero attached hydrogens (tertiary/aromatic N) is 1. The van der Waals surface area contributed by atoms with E-state index in [2.05, 4.69) is 0 Å². The SMILES string of the molecule is O=c1ccn([C@@H]2O[C@H](CO)[C@@H](O)[C@H]2O)c(=O)[nH]1.[Na]. The summed E-state index contributed by atoms with van der Waals surface area (Å²) >= 11 is 0. The topological polar surface area (TPSA) is 125 Å². The summed E-state index contributed by atoms with van der Waals surface area (Å²) in [4.78, 5) is 24.3. The minimum Gasteiger partial charge on any atom is -0.394 e. The Morgan fingerprint density at radius 3 is 2.50 bits per heavy atom. The van der Waals surface area contributed by atoms with Crippen molar-refractivity contribution >= 4 is 29.6 Å². The first-order valence-corrected chi connectivity index (χ1v) is 4.98. The van der Waals surface area contributed by atoms with Crippen LogP contribution >= 0.6 is 0 Å². The van der Waals surface area contributed by atoms with Crippen molar-refractivity contribution in [2.75, 3.05) is 6.61 Å². The van der Waals surface area contributed by atoms with E-state index >= 15 is 0 Å². The molecule has 1 aliphatic heterocycles. The first-order chi connectivity index (χ1) is 8.04. The zero-order chi connectivity index (χ0) is 12.6. The average molecular weight is 267 g/mol. The van der Waals surface area contributed by atoms with Gasteiger partial charge >= 0.3 is 5.69 Å². The Morgan fingerprint density at radius 2 is 2.00 bits per heavy atom. The summed E-state index contributed by atoms with van der Waals surface area (Å²) in [5.74, 6) is 0. The summed E-state index contributed by atoms with van der Waals surface area (Å²) in [6.45, 7) is -0.479. The Bertz CT molecular complexity index is 514. The van der Waals surface area contributed by atoms with E-state index in [9.17, 15) is 19.8 Å². The summed E-state index contributed by atoms with van der Waals surface area (Å²) in [6.07, 6.45) is -3.58. The van der Waals surface area contributed by atoms with E-state index in [-0.39, 0.29) is 29.6 Å². The van der Waals surface area contributed by atoms with E-state index in [4.69, 9.17) is 9.84 Å². The molecule has 1 saturated heterocycles. The van der Waals surface area contributed by atoms with Crippen LogP contribution in [-0.4, -0.2) is 79.3 Å². The maximum atomic E-state index is 11.4. The molecule has 1 radical (unpaired) electrons. The van der Waals surface area contributed by atoms with Crippen LogP contribution in [-0.2, 0) is 4.74 Å². The number of H-pyrrole nitrogens is 1. The molecule has 18 heavy (non-hydrogen) atoms. The Balaban J connectivity index is 0.00000162. The summed E-state index contributed by atoms with van der Waals surface area (Å²) < 4.78 is 6.08. The number of nitrogens with one attached hydrogen (secondary N) is 1. The third-order valence-electron chi connectivity index (χ3n) is 2.64. The summed E-state index contributed by atoms with van der Waals surface area (Å²) in [5.41, 5.74) is -1.33. The number of aromatic nitrogens is 2. The zero-order valence-electron chi connectivity index (χ0n) is 9.68. The predicted molar refractivity (Wildman–Crippen MR) is 60.1 cm³/mol. The van der Waals surface area contributed by atoms with Crippen LogP contribution in [0.25, 0.3) is 0 Å². The number of aromatic amines is 1. The molecule has 2 heterocycles. The maximum absolute atomic E-state index is 11.4. The molecule has 0 aromatic carbocycles. The van der Waals surface area contributed by atoms with Gasteiger partial charge in [-0.25, -0.2) is 4.79 Å². The van der Waals surface area contributed by atoms with Gasteiger partial charge in [-0.15, -0.1) is 0 Å². The number of hydrogen-bond acceptors (Lipinski definition) is 6. The van der Waals surface area contributed by atoms with E-state index in [1.165, 1.54) is 0 Å². The smallest absolute Gasteiger partial charge is 0.330 e. The molecule has 0 aliphatic carbocycles. The Morgan fingerprint density at radius 1 is 1.33 bits per heavy atom. The molecule has 1 aromatic heterocycles. The van der Waals surface area contributed by atoms with Crippen molar-refractivity contribution < 1.29 is 20.1 Å². The molecular formula is C9H12N2NaO6. The van der Waals surface area contributed by atoms with Crippen LogP contribution in [0, 0.1) is 0 Å². The molecule has 1 aromatic rings. The van der Waals surface area contributed by atoms with Gasteiger partial charge in [-0.2, -0.15) is 0 Å². The van der Waals surface area contributed by atoms with E-state index in [1.54, 1.807) is 0 Å². The van der Waals surface area contributed by atoms with Crippen LogP contribution in [0.3, 0.4) is 0 Å². The number of rotatable bonds is 2. The Hall–Kier alpha value is -0.480. The minimum absolute atomic E-state index is 0. The molecule has 0 spiro atoms. The molecule has 8 nitrogen and oxygen atoms in total. The molecule has 0 amide bonds. The van der Waals surface area contributed by atoms with Crippen LogP contribution < -0.4 is 11.2 Å². The first-order valence-electron chi connectivity index (χ1n) is 4.98. The number of ether oxygens (including phenoxy) is 1. The van der Waals surface area contributed by atoms with Crippen LogP contribution in [0.1, 0.15) is 6.23 Å². The third-order valence-corrected chi connectivity index (χ3v) is 2.64. The molecule has 95 valence electrons. The first kappa shape index (κ1) is 15.6. The van der Waals surface area contributed by atoms with Crippen molar-refractivity contribution in [1.82, 2.24) is 9.55 Å². The van der Waals surface area contributed by atoms with Gasteiger partial charge in [-0.05, 0) is 0 Å². The molecule has 2 rings (SSSR count). The van der Waals surface area contributed by atoms with Gasteiger partial charge in [-0.3, -0.25) is 14.3 Å². The molecule has 0 saturated carbocycles. The molecular weight excluding hydrogens is 255 g/mol. The molecule has 0 unspecified atom stereocenters. The fourth-order valence-corrected chi connectivity index (χ4v) is 1.74. The summed E-state index contributed by atoms with van der Waals surface area (Å²) in [6, 6.07) is 1.09. The Labute approximate surface area is 123 Å². The van der Waals surface area contributed by atoms with E-state index < -0.39 is 42.4 Å². The van der Waals surface area contributed by atoms with Crippen molar-refractivity contribution in [2.45, 2.75) is 24.5 Å². The quantitative estimate of drug-likeness (QED) is 0.417. The number of aliphatic hydroxyl groups excluding tert-OH is 3. The van der Waals surface area contributed by atoms with E-state index in [0.29, 0.717) is 0 Å². The number of aliphatic hydroxyl groups is 3. The number of hydrogen-bond donors (Lipinski definition) is 4.